The lowest BCUT2D eigenvalue weighted by molar-refractivity contribution is 0.0416. The molecule has 2 aliphatic rings. The highest BCUT2D eigenvalue weighted by Crippen LogP contribution is 2.19. The highest BCUT2D eigenvalue weighted by atomic mass is 16.5. The van der Waals surface area contributed by atoms with Gasteiger partial charge in [0.1, 0.15) is 6.04 Å². The van der Waals surface area contributed by atoms with Gasteiger partial charge in [-0.15, -0.1) is 0 Å². The van der Waals surface area contributed by atoms with Crippen LogP contribution in [-0.4, -0.2) is 49.8 Å². The number of piperazine rings is 1. The SMILES string of the molecule is N#CC(C1CCCO1)N1CCNCC1. The van der Waals surface area contributed by atoms with Gasteiger partial charge in [-0.3, -0.25) is 4.90 Å². The fourth-order valence-corrected chi connectivity index (χ4v) is 2.21. The zero-order valence-corrected chi connectivity index (χ0v) is 8.41. The van der Waals surface area contributed by atoms with Gasteiger partial charge < -0.3 is 10.1 Å². The van der Waals surface area contributed by atoms with Crippen LogP contribution in [-0.2, 0) is 4.74 Å². The van der Waals surface area contributed by atoms with Gasteiger partial charge in [-0.25, -0.2) is 0 Å². The normalized spacial score (nSPS) is 31.2. The van der Waals surface area contributed by atoms with E-state index in [2.05, 4.69) is 16.3 Å². The van der Waals surface area contributed by atoms with Crippen molar-refractivity contribution >= 4 is 0 Å². The third kappa shape index (κ3) is 2.06. The molecule has 14 heavy (non-hydrogen) atoms. The van der Waals surface area contributed by atoms with E-state index in [0.29, 0.717) is 0 Å². The molecule has 0 radical (unpaired) electrons. The van der Waals surface area contributed by atoms with Crippen LogP contribution in [0.3, 0.4) is 0 Å². The largest absolute Gasteiger partial charge is 0.375 e. The molecule has 0 amide bonds. The first kappa shape index (κ1) is 9.91. The number of nitriles is 1. The Labute approximate surface area is 84.8 Å². The van der Waals surface area contributed by atoms with Gasteiger partial charge in [0.05, 0.1) is 12.2 Å². The lowest BCUT2D eigenvalue weighted by atomic mass is 10.1. The summed E-state index contributed by atoms with van der Waals surface area (Å²) in [6, 6.07) is 2.36. The monoisotopic (exact) mass is 195 g/mol. The van der Waals surface area contributed by atoms with Crippen molar-refractivity contribution in [1.29, 1.82) is 5.26 Å². The Morgan fingerprint density at radius 2 is 2.21 bits per heavy atom. The van der Waals surface area contributed by atoms with Crippen molar-refractivity contribution in [2.24, 2.45) is 0 Å². The lowest BCUT2D eigenvalue weighted by Crippen LogP contribution is -2.51. The number of hydrogen-bond acceptors (Lipinski definition) is 4. The fourth-order valence-electron chi connectivity index (χ4n) is 2.21. The van der Waals surface area contributed by atoms with E-state index >= 15 is 0 Å². The molecule has 0 aliphatic carbocycles. The maximum atomic E-state index is 9.15. The summed E-state index contributed by atoms with van der Waals surface area (Å²) < 4.78 is 5.57. The Bertz CT molecular complexity index is 214. The van der Waals surface area contributed by atoms with Gasteiger partial charge in [0, 0.05) is 32.8 Å². The molecule has 2 heterocycles. The molecule has 78 valence electrons. The summed E-state index contributed by atoms with van der Waals surface area (Å²) in [7, 11) is 0. The molecule has 0 aromatic rings. The molecule has 2 rings (SSSR count). The van der Waals surface area contributed by atoms with Crippen LogP contribution in [0.15, 0.2) is 0 Å². The molecule has 2 atom stereocenters. The number of nitrogens with zero attached hydrogens (tertiary/aromatic N) is 2. The maximum absolute atomic E-state index is 9.15. The van der Waals surface area contributed by atoms with Gasteiger partial charge in [0.2, 0.25) is 0 Å². The molecule has 2 unspecified atom stereocenters. The molecule has 0 bridgehead atoms. The minimum atomic E-state index is -0.0281. The Morgan fingerprint density at radius 1 is 1.43 bits per heavy atom. The Morgan fingerprint density at radius 3 is 2.79 bits per heavy atom. The summed E-state index contributed by atoms with van der Waals surface area (Å²) in [4.78, 5) is 2.24. The molecule has 0 spiro atoms. The number of nitrogens with one attached hydrogen (secondary N) is 1. The first-order chi connectivity index (χ1) is 6.92. The molecule has 0 saturated carbocycles. The predicted octanol–water partition coefficient (Wildman–Crippen LogP) is -0.0372. The standard InChI is InChI=1S/C10H17N3O/c11-8-9(10-2-1-7-14-10)13-5-3-12-4-6-13/h9-10,12H,1-7H2. The van der Waals surface area contributed by atoms with Gasteiger partial charge >= 0.3 is 0 Å². The number of hydrogen-bond donors (Lipinski definition) is 1. The third-order valence-electron chi connectivity index (χ3n) is 2.99. The molecule has 2 fully saturated rings. The first-order valence-electron chi connectivity index (χ1n) is 5.38. The van der Waals surface area contributed by atoms with Crippen molar-refractivity contribution in [3.8, 4) is 6.07 Å². The highest BCUT2D eigenvalue weighted by Gasteiger charge is 2.31. The van der Waals surface area contributed by atoms with Gasteiger partial charge in [0.15, 0.2) is 0 Å². The van der Waals surface area contributed by atoms with Gasteiger partial charge in [-0.05, 0) is 12.8 Å². The molecule has 2 saturated heterocycles. The van der Waals surface area contributed by atoms with Crippen molar-refractivity contribution < 1.29 is 4.74 Å². The third-order valence-corrected chi connectivity index (χ3v) is 2.99. The molecule has 1 N–H and O–H groups in total. The summed E-state index contributed by atoms with van der Waals surface area (Å²) >= 11 is 0. The predicted molar refractivity (Wildman–Crippen MR) is 52.8 cm³/mol. The molecule has 2 aliphatic heterocycles. The number of rotatable bonds is 2. The van der Waals surface area contributed by atoms with Gasteiger partial charge in [-0.2, -0.15) is 5.26 Å². The minimum Gasteiger partial charge on any atom is -0.375 e. The van der Waals surface area contributed by atoms with Crippen LogP contribution in [0.25, 0.3) is 0 Å². The number of ether oxygens (including phenoxy) is 1. The highest BCUT2D eigenvalue weighted by molar-refractivity contribution is 4.99. The van der Waals surface area contributed by atoms with Crippen LogP contribution >= 0.6 is 0 Å². The summed E-state index contributed by atoms with van der Waals surface area (Å²) in [6.07, 6.45) is 2.30. The molecular weight excluding hydrogens is 178 g/mol. The topological polar surface area (TPSA) is 48.3 Å². The van der Waals surface area contributed by atoms with E-state index in [-0.39, 0.29) is 12.1 Å². The van der Waals surface area contributed by atoms with Crippen molar-refractivity contribution in [2.45, 2.75) is 25.0 Å². The molecule has 0 aromatic heterocycles. The van der Waals surface area contributed by atoms with Gasteiger partial charge in [-0.1, -0.05) is 0 Å². The zero-order valence-electron chi connectivity index (χ0n) is 8.41. The van der Waals surface area contributed by atoms with Gasteiger partial charge in [0.25, 0.3) is 0 Å². The van der Waals surface area contributed by atoms with Crippen molar-refractivity contribution in [3.05, 3.63) is 0 Å². The Kier molecular flexibility index (Phi) is 3.35. The Hall–Kier alpha value is -0.630. The van der Waals surface area contributed by atoms with E-state index in [4.69, 9.17) is 10.00 Å². The van der Waals surface area contributed by atoms with Crippen molar-refractivity contribution in [3.63, 3.8) is 0 Å². The van der Waals surface area contributed by atoms with E-state index in [1.807, 2.05) is 0 Å². The second-order valence-corrected chi connectivity index (χ2v) is 3.91. The average molecular weight is 195 g/mol. The maximum Gasteiger partial charge on any atom is 0.124 e. The minimum absolute atomic E-state index is 0.0281. The second-order valence-electron chi connectivity index (χ2n) is 3.91. The molecule has 0 aromatic carbocycles. The molecular formula is C10H17N3O. The van der Waals surface area contributed by atoms with Crippen molar-refractivity contribution in [1.82, 2.24) is 10.2 Å². The zero-order chi connectivity index (χ0) is 9.80. The van der Waals surface area contributed by atoms with E-state index < -0.39 is 0 Å². The molecule has 4 nitrogen and oxygen atoms in total. The van der Waals surface area contributed by atoms with Crippen LogP contribution < -0.4 is 5.32 Å². The smallest absolute Gasteiger partial charge is 0.124 e. The Balaban J connectivity index is 1.93. The van der Waals surface area contributed by atoms with Crippen LogP contribution in [0.2, 0.25) is 0 Å². The lowest BCUT2D eigenvalue weighted by Gasteiger charge is -2.33. The molecule has 4 heteroatoms. The van der Waals surface area contributed by atoms with Crippen LogP contribution in [0.4, 0.5) is 0 Å². The summed E-state index contributed by atoms with van der Waals surface area (Å²) in [5.41, 5.74) is 0. The summed E-state index contributed by atoms with van der Waals surface area (Å²) in [6.45, 7) is 4.75. The second kappa shape index (κ2) is 4.74. The first-order valence-corrected chi connectivity index (χ1v) is 5.38. The van der Waals surface area contributed by atoms with E-state index in [1.54, 1.807) is 0 Å². The van der Waals surface area contributed by atoms with E-state index in [1.165, 1.54) is 0 Å². The van der Waals surface area contributed by atoms with E-state index in [9.17, 15) is 0 Å². The van der Waals surface area contributed by atoms with Crippen LogP contribution in [0.5, 0.6) is 0 Å². The fraction of sp³-hybridized carbons (Fsp3) is 0.900. The van der Waals surface area contributed by atoms with E-state index in [0.717, 1.165) is 45.6 Å². The van der Waals surface area contributed by atoms with Crippen LogP contribution in [0.1, 0.15) is 12.8 Å². The average Bonchev–Trinajstić information content (AvgIpc) is 2.74. The summed E-state index contributed by atoms with van der Waals surface area (Å²) in [5.74, 6) is 0. The summed E-state index contributed by atoms with van der Waals surface area (Å²) in [5, 5.41) is 12.4. The quantitative estimate of drug-likeness (QED) is 0.672. The van der Waals surface area contributed by atoms with Crippen LogP contribution in [0, 0.1) is 11.3 Å². The van der Waals surface area contributed by atoms with Crippen molar-refractivity contribution in [2.75, 3.05) is 32.8 Å².